The number of hydrogen-bond donors (Lipinski definition) is 0. The number of epoxide rings is 1. The molecule has 0 spiro atoms. The number of hydrogen-bond acceptors (Lipinski definition) is 4. The summed E-state index contributed by atoms with van der Waals surface area (Å²) in [6.45, 7) is 14.2. The highest BCUT2D eigenvalue weighted by Gasteiger charge is 2.24. The molecule has 0 bridgehead atoms. The summed E-state index contributed by atoms with van der Waals surface area (Å²) in [5, 5.41) is 0. The number of allylic oxidation sites excluding steroid dienone is 3. The first-order valence-electron chi connectivity index (χ1n) is 10.7. The highest BCUT2D eigenvalue weighted by molar-refractivity contribution is 5.70. The quantitative estimate of drug-likeness (QED) is 0.235. The molecular weight excluding hydrogens is 388 g/mol. The maximum atomic E-state index is 6.16. The number of benzene rings is 2. The topological polar surface area (TPSA) is 40.2 Å². The van der Waals surface area contributed by atoms with Crippen molar-refractivity contribution in [2.24, 2.45) is 0 Å². The smallest absolute Gasteiger partial charge is 0.126 e. The highest BCUT2D eigenvalue weighted by Crippen LogP contribution is 2.35. The van der Waals surface area contributed by atoms with E-state index in [0.29, 0.717) is 19.8 Å². The van der Waals surface area contributed by atoms with Crippen LogP contribution in [0.5, 0.6) is 11.5 Å². The first-order valence-corrected chi connectivity index (χ1v) is 10.7. The molecule has 2 aromatic carbocycles. The summed E-state index contributed by atoms with van der Waals surface area (Å²) in [7, 11) is 1.67. The van der Waals surface area contributed by atoms with Crippen LogP contribution in [0.1, 0.15) is 16.7 Å². The molecule has 0 aromatic heterocycles. The van der Waals surface area contributed by atoms with Gasteiger partial charge in [0.25, 0.3) is 0 Å². The van der Waals surface area contributed by atoms with Gasteiger partial charge in [-0.15, -0.1) is 19.7 Å². The van der Waals surface area contributed by atoms with Crippen molar-refractivity contribution in [3.8, 4) is 22.6 Å². The van der Waals surface area contributed by atoms with Gasteiger partial charge in [-0.2, -0.15) is 0 Å². The van der Waals surface area contributed by atoms with Crippen molar-refractivity contribution in [3.63, 3.8) is 0 Å². The Balaban J connectivity index is 1.97. The van der Waals surface area contributed by atoms with Crippen molar-refractivity contribution in [2.75, 3.05) is 33.5 Å². The molecule has 4 nitrogen and oxygen atoms in total. The SMILES string of the molecule is C=CCc1cc(-c2cc(CC=C)c(OCC3CO3)c(CC=C)c2)ccc1OCCOC. The standard InChI is InChI=1S/C27H32O4/c1-5-8-21-15-20(11-12-26(21)29-14-13-28-4)24-16-22(9-6-2)27(23(17-24)10-7-3)31-19-25-18-30-25/h5-7,11-12,15-17,25H,1-3,8-10,13-14,18-19H2,4H3. The predicted octanol–water partition coefficient (Wildman–Crippen LogP) is 5.34. The summed E-state index contributed by atoms with van der Waals surface area (Å²) in [6.07, 6.45) is 8.12. The molecule has 0 amide bonds. The summed E-state index contributed by atoms with van der Waals surface area (Å²) < 4.78 is 22.5. The van der Waals surface area contributed by atoms with E-state index in [1.807, 2.05) is 24.3 Å². The van der Waals surface area contributed by atoms with Crippen LogP contribution in [0.3, 0.4) is 0 Å². The van der Waals surface area contributed by atoms with Gasteiger partial charge in [-0.05, 0) is 71.3 Å². The maximum absolute atomic E-state index is 6.16. The summed E-state index contributed by atoms with van der Waals surface area (Å²) in [5.41, 5.74) is 5.61. The van der Waals surface area contributed by atoms with E-state index < -0.39 is 0 Å². The van der Waals surface area contributed by atoms with E-state index in [4.69, 9.17) is 18.9 Å². The molecule has 1 saturated heterocycles. The van der Waals surface area contributed by atoms with E-state index in [-0.39, 0.29) is 6.10 Å². The number of ether oxygens (including phenoxy) is 4. The summed E-state index contributed by atoms with van der Waals surface area (Å²) in [5.74, 6) is 1.78. The van der Waals surface area contributed by atoms with E-state index in [1.54, 1.807) is 7.11 Å². The molecule has 1 aliphatic heterocycles. The molecule has 0 aliphatic carbocycles. The lowest BCUT2D eigenvalue weighted by Gasteiger charge is -2.18. The van der Waals surface area contributed by atoms with Crippen LogP contribution in [-0.2, 0) is 28.7 Å². The predicted molar refractivity (Wildman–Crippen MR) is 126 cm³/mol. The van der Waals surface area contributed by atoms with Crippen LogP contribution in [0.4, 0.5) is 0 Å². The van der Waals surface area contributed by atoms with Gasteiger partial charge < -0.3 is 18.9 Å². The molecule has 4 heteroatoms. The molecule has 31 heavy (non-hydrogen) atoms. The Morgan fingerprint density at radius 2 is 1.48 bits per heavy atom. The average molecular weight is 421 g/mol. The maximum Gasteiger partial charge on any atom is 0.126 e. The molecule has 0 N–H and O–H groups in total. The molecule has 1 aliphatic rings. The third-order valence-electron chi connectivity index (χ3n) is 5.09. The van der Waals surface area contributed by atoms with Gasteiger partial charge in [0, 0.05) is 7.11 Å². The van der Waals surface area contributed by atoms with Gasteiger partial charge in [0.05, 0.1) is 13.2 Å². The Morgan fingerprint density at radius 1 is 0.871 bits per heavy atom. The number of methoxy groups -OCH3 is 1. The van der Waals surface area contributed by atoms with E-state index in [1.165, 1.54) is 0 Å². The molecule has 1 heterocycles. The molecule has 0 radical (unpaired) electrons. The lowest BCUT2D eigenvalue weighted by atomic mass is 9.94. The fraction of sp³-hybridized carbons (Fsp3) is 0.333. The minimum atomic E-state index is 0.208. The fourth-order valence-corrected chi connectivity index (χ4v) is 3.51. The second-order valence-electron chi connectivity index (χ2n) is 7.53. The van der Waals surface area contributed by atoms with Crippen LogP contribution >= 0.6 is 0 Å². The first kappa shape index (κ1) is 22.9. The largest absolute Gasteiger partial charge is 0.491 e. The molecular formula is C27H32O4. The van der Waals surface area contributed by atoms with Crippen LogP contribution < -0.4 is 9.47 Å². The van der Waals surface area contributed by atoms with Crippen LogP contribution in [-0.4, -0.2) is 39.6 Å². The van der Waals surface area contributed by atoms with Gasteiger partial charge in [-0.3, -0.25) is 0 Å². The van der Waals surface area contributed by atoms with Gasteiger partial charge in [0.15, 0.2) is 0 Å². The van der Waals surface area contributed by atoms with Gasteiger partial charge in [-0.1, -0.05) is 24.3 Å². The van der Waals surface area contributed by atoms with Crippen LogP contribution in [0.2, 0.25) is 0 Å². The zero-order valence-corrected chi connectivity index (χ0v) is 18.4. The Bertz CT molecular complexity index is 880. The fourth-order valence-electron chi connectivity index (χ4n) is 3.51. The molecule has 1 atom stereocenters. The van der Waals surface area contributed by atoms with Crippen molar-refractivity contribution < 1.29 is 18.9 Å². The second kappa shape index (κ2) is 11.5. The molecule has 3 rings (SSSR count). The van der Waals surface area contributed by atoms with Crippen LogP contribution in [0.25, 0.3) is 11.1 Å². The zero-order chi connectivity index (χ0) is 22.1. The summed E-state index contributed by atoms with van der Waals surface area (Å²) in [6, 6.07) is 10.7. The third-order valence-corrected chi connectivity index (χ3v) is 5.09. The minimum Gasteiger partial charge on any atom is -0.491 e. The lowest BCUT2D eigenvalue weighted by molar-refractivity contribution is 0.146. The lowest BCUT2D eigenvalue weighted by Crippen LogP contribution is -2.08. The Labute approximate surface area is 185 Å². The molecule has 0 saturated carbocycles. The molecule has 1 unspecified atom stereocenters. The number of rotatable bonds is 14. The average Bonchev–Trinajstić information content (AvgIpc) is 3.59. The monoisotopic (exact) mass is 420 g/mol. The van der Waals surface area contributed by atoms with Crippen LogP contribution in [0.15, 0.2) is 68.3 Å². The van der Waals surface area contributed by atoms with Crippen molar-refractivity contribution in [1.82, 2.24) is 0 Å². The van der Waals surface area contributed by atoms with Crippen molar-refractivity contribution >= 4 is 0 Å². The van der Waals surface area contributed by atoms with Gasteiger partial charge in [0.2, 0.25) is 0 Å². The molecule has 1 fully saturated rings. The van der Waals surface area contributed by atoms with Crippen LogP contribution in [0, 0.1) is 0 Å². The Morgan fingerprint density at radius 3 is 2.06 bits per heavy atom. The van der Waals surface area contributed by atoms with E-state index in [0.717, 1.165) is 65.2 Å². The zero-order valence-electron chi connectivity index (χ0n) is 18.4. The summed E-state index contributed by atoms with van der Waals surface area (Å²) >= 11 is 0. The van der Waals surface area contributed by atoms with Crippen molar-refractivity contribution in [3.05, 3.63) is 85.0 Å². The van der Waals surface area contributed by atoms with E-state index in [9.17, 15) is 0 Å². The van der Waals surface area contributed by atoms with Gasteiger partial charge in [0.1, 0.15) is 30.8 Å². The van der Waals surface area contributed by atoms with Crippen molar-refractivity contribution in [1.29, 1.82) is 0 Å². The first-order chi connectivity index (χ1) is 15.2. The Kier molecular flexibility index (Phi) is 8.51. The van der Waals surface area contributed by atoms with Gasteiger partial charge in [-0.25, -0.2) is 0 Å². The highest BCUT2D eigenvalue weighted by atomic mass is 16.6. The van der Waals surface area contributed by atoms with Gasteiger partial charge >= 0.3 is 0 Å². The third kappa shape index (κ3) is 6.33. The second-order valence-corrected chi connectivity index (χ2v) is 7.53. The summed E-state index contributed by atoms with van der Waals surface area (Å²) in [4.78, 5) is 0. The molecule has 164 valence electrons. The Hall–Kier alpha value is -2.82. The van der Waals surface area contributed by atoms with Crippen molar-refractivity contribution in [2.45, 2.75) is 25.4 Å². The van der Waals surface area contributed by atoms with E-state index >= 15 is 0 Å². The normalized spacial score (nSPS) is 14.7. The molecule has 2 aromatic rings. The minimum absolute atomic E-state index is 0.208. The van der Waals surface area contributed by atoms with E-state index in [2.05, 4.69) is 44.0 Å².